The van der Waals surface area contributed by atoms with Gasteiger partial charge < -0.3 is 10.1 Å². The molecule has 0 unspecified atom stereocenters. The maximum Gasteiger partial charge on any atom is 0.267 e. The summed E-state index contributed by atoms with van der Waals surface area (Å²) in [5, 5.41) is 12.0. The van der Waals surface area contributed by atoms with Crippen molar-refractivity contribution in [3.05, 3.63) is 98.5 Å². The molecule has 0 bridgehead atoms. The van der Waals surface area contributed by atoms with Crippen LogP contribution >= 0.6 is 11.6 Å². The maximum atomic E-state index is 12.5. The second-order valence-electron chi connectivity index (χ2n) is 7.81. The number of nitrogens with one attached hydrogen (secondary N) is 1. The summed E-state index contributed by atoms with van der Waals surface area (Å²) in [5.41, 5.74) is 2.09. The number of ether oxygens (including phenoxy) is 1. The number of hydrogen-bond acceptors (Lipinski definition) is 6. The smallest absolute Gasteiger partial charge is 0.267 e. The van der Waals surface area contributed by atoms with Crippen LogP contribution in [0.5, 0.6) is 5.75 Å². The fourth-order valence-corrected chi connectivity index (χ4v) is 3.61. The van der Waals surface area contributed by atoms with Crippen molar-refractivity contribution in [2.24, 2.45) is 0 Å². The van der Waals surface area contributed by atoms with Crippen LogP contribution in [0.15, 0.2) is 82.4 Å². The lowest BCUT2D eigenvalue weighted by atomic mass is 10.1. The summed E-state index contributed by atoms with van der Waals surface area (Å²) < 4.78 is 7.83. The van der Waals surface area contributed by atoms with Crippen LogP contribution in [0.3, 0.4) is 0 Å². The van der Waals surface area contributed by atoms with Gasteiger partial charge in [0.25, 0.3) is 11.1 Å². The number of benzene rings is 2. The highest BCUT2D eigenvalue weighted by molar-refractivity contribution is 6.30. The van der Waals surface area contributed by atoms with E-state index in [1.54, 1.807) is 36.4 Å². The number of rotatable bonds is 9. The average Bonchev–Trinajstić information content (AvgIpc) is 2.88. The minimum Gasteiger partial charge on any atom is -0.494 e. The summed E-state index contributed by atoms with van der Waals surface area (Å²) in [6.45, 7) is 2.56. The summed E-state index contributed by atoms with van der Waals surface area (Å²) in [5.74, 6) is 0.346. The highest BCUT2D eigenvalue weighted by Crippen LogP contribution is 2.20. The molecule has 2 heterocycles. The number of amides is 1. The first-order chi connectivity index (χ1) is 17.4. The monoisotopic (exact) mass is 505 g/mol. The molecule has 2 aromatic carbocycles. The van der Waals surface area contributed by atoms with Gasteiger partial charge in [0.15, 0.2) is 0 Å². The van der Waals surface area contributed by atoms with E-state index in [9.17, 15) is 14.4 Å². The SMILES string of the molecule is CCOc1ccc(-c2ccc(=O)n(CCNC(=O)Cn3nc(-c4ccc(Cl)cc4)ccc3=O)n2)cc1. The summed E-state index contributed by atoms with van der Waals surface area (Å²) in [6, 6.07) is 20.5. The summed E-state index contributed by atoms with van der Waals surface area (Å²) >= 11 is 5.92. The minimum atomic E-state index is -0.409. The van der Waals surface area contributed by atoms with Gasteiger partial charge in [-0.25, -0.2) is 9.36 Å². The summed E-state index contributed by atoms with van der Waals surface area (Å²) in [4.78, 5) is 36.9. The van der Waals surface area contributed by atoms with E-state index < -0.39 is 11.5 Å². The molecule has 1 N–H and O–H groups in total. The molecule has 0 saturated carbocycles. The number of hydrogen-bond donors (Lipinski definition) is 1. The number of halogens is 1. The van der Waals surface area contributed by atoms with Crippen molar-refractivity contribution in [3.8, 4) is 28.3 Å². The summed E-state index contributed by atoms with van der Waals surface area (Å²) in [6.07, 6.45) is 0. The molecule has 10 heteroatoms. The van der Waals surface area contributed by atoms with E-state index in [4.69, 9.17) is 16.3 Å². The molecule has 2 aromatic heterocycles. The van der Waals surface area contributed by atoms with Gasteiger partial charge in [0, 0.05) is 34.8 Å². The van der Waals surface area contributed by atoms with E-state index in [1.807, 2.05) is 31.2 Å². The normalized spacial score (nSPS) is 10.7. The number of aromatic nitrogens is 4. The molecule has 0 aliphatic carbocycles. The average molecular weight is 506 g/mol. The molecule has 0 radical (unpaired) electrons. The predicted molar refractivity (Wildman–Crippen MR) is 137 cm³/mol. The molecule has 36 heavy (non-hydrogen) atoms. The first-order valence-electron chi connectivity index (χ1n) is 11.3. The Bertz CT molecular complexity index is 1460. The van der Waals surface area contributed by atoms with Crippen LogP contribution in [0.25, 0.3) is 22.5 Å². The van der Waals surface area contributed by atoms with E-state index in [-0.39, 0.29) is 25.2 Å². The van der Waals surface area contributed by atoms with Crippen molar-refractivity contribution in [3.63, 3.8) is 0 Å². The highest BCUT2D eigenvalue weighted by Gasteiger charge is 2.09. The molecule has 184 valence electrons. The molecule has 0 saturated heterocycles. The Morgan fingerprint density at radius 1 is 0.833 bits per heavy atom. The van der Waals surface area contributed by atoms with Crippen LogP contribution in [-0.2, 0) is 17.9 Å². The Labute approximate surface area is 211 Å². The molecule has 0 atom stereocenters. The van der Waals surface area contributed by atoms with Crippen molar-refractivity contribution in [1.82, 2.24) is 24.9 Å². The van der Waals surface area contributed by atoms with Crippen molar-refractivity contribution in [2.75, 3.05) is 13.2 Å². The maximum absolute atomic E-state index is 12.5. The quantitative estimate of drug-likeness (QED) is 0.374. The zero-order valence-electron chi connectivity index (χ0n) is 19.6. The molecule has 0 fully saturated rings. The number of carbonyl (C=O) groups excluding carboxylic acids is 1. The predicted octanol–water partition coefficient (Wildman–Crippen LogP) is 3.00. The van der Waals surface area contributed by atoms with Crippen LogP contribution in [-0.4, -0.2) is 38.6 Å². The molecule has 9 nitrogen and oxygen atoms in total. The molecule has 4 aromatic rings. The van der Waals surface area contributed by atoms with Crippen molar-refractivity contribution in [2.45, 2.75) is 20.0 Å². The fraction of sp³-hybridized carbons (Fsp3) is 0.192. The van der Waals surface area contributed by atoms with Crippen molar-refractivity contribution in [1.29, 1.82) is 0 Å². The van der Waals surface area contributed by atoms with E-state index in [2.05, 4.69) is 15.5 Å². The molecule has 0 aliphatic rings. The minimum absolute atomic E-state index is 0.157. The standard InChI is InChI=1S/C26H24ClN5O4/c1-2-36-21-9-5-19(6-10-21)22-11-13-25(34)31(29-22)16-15-28-24(33)17-32-26(35)14-12-23(30-32)18-3-7-20(27)8-4-18/h3-14H,2,15-17H2,1H3,(H,28,33). The first-order valence-corrected chi connectivity index (χ1v) is 11.7. The van der Waals surface area contributed by atoms with Gasteiger partial charge in [-0.05, 0) is 55.5 Å². The molecular formula is C26H24ClN5O4. The van der Waals surface area contributed by atoms with Gasteiger partial charge in [-0.1, -0.05) is 23.7 Å². The van der Waals surface area contributed by atoms with Gasteiger partial charge in [0.1, 0.15) is 12.3 Å². The van der Waals surface area contributed by atoms with Crippen LogP contribution in [0.2, 0.25) is 5.02 Å². The molecule has 1 amide bonds. The van der Waals surface area contributed by atoms with E-state index in [0.29, 0.717) is 23.0 Å². The molecular weight excluding hydrogens is 482 g/mol. The third-order valence-electron chi connectivity index (χ3n) is 5.27. The summed E-state index contributed by atoms with van der Waals surface area (Å²) in [7, 11) is 0. The van der Waals surface area contributed by atoms with E-state index >= 15 is 0 Å². The van der Waals surface area contributed by atoms with Crippen molar-refractivity contribution < 1.29 is 9.53 Å². The van der Waals surface area contributed by atoms with Gasteiger partial charge in [-0.3, -0.25) is 14.4 Å². The third-order valence-corrected chi connectivity index (χ3v) is 5.53. The Morgan fingerprint density at radius 3 is 2.00 bits per heavy atom. The second-order valence-corrected chi connectivity index (χ2v) is 8.25. The first kappa shape index (κ1) is 24.9. The molecule has 0 spiro atoms. The van der Waals surface area contributed by atoms with Gasteiger partial charge in [-0.15, -0.1) is 0 Å². The fourth-order valence-electron chi connectivity index (χ4n) is 3.48. The van der Waals surface area contributed by atoms with Crippen LogP contribution in [0.1, 0.15) is 6.92 Å². The van der Waals surface area contributed by atoms with Gasteiger partial charge >= 0.3 is 0 Å². The third kappa shape index (κ3) is 6.25. The van der Waals surface area contributed by atoms with Gasteiger partial charge in [0.05, 0.1) is 24.5 Å². The Kier molecular flexibility index (Phi) is 7.92. The van der Waals surface area contributed by atoms with Crippen LogP contribution in [0.4, 0.5) is 0 Å². The van der Waals surface area contributed by atoms with E-state index in [0.717, 1.165) is 21.6 Å². The number of carbonyl (C=O) groups is 1. The Balaban J connectivity index is 1.38. The molecule has 0 aliphatic heterocycles. The second kappa shape index (κ2) is 11.5. The Hall–Kier alpha value is -4.24. The zero-order chi connectivity index (χ0) is 25.5. The zero-order valence-corrected chi connectivity index (χ0v) is 20.3. The number of nitrogens with zero attached hydrogens (tertiary/aromatic N) is 4. The highest BCUT2D eigenvalue weighted by atomic mass is 35.5. The van der Waals surface area contributed by atoms with Gasteiger partial charge in [-0.2, -0.15) is 10.2 Å². The van der Waals surface area contributed by atoms with E-state index in [1.165, 1.54) is 16.8 Å². The largest absolute Gasteiger partial charge is 0.494 e. The van der Waals surface area contributed by atoms with Gasteiger partial charge in [0.2, 0.25) is 5.91 Å². The van der Waals surface area contributed by atoms with Crippen LogP contribution in [0, 0.1) is 0 Å². The lowest BCUT2D eigenvalue weighted by Gasteiger charge is -2.10. The Morgan fingerprint density at radius 2 is 1.39 bits per heavy atom. The van der Waals surface area contributed by atoms with Crippen LogP contribution < -0.4 is 21.2 Å². The lowest BCUT2D eigenvalue weighted by molar-refractivity contribution is -0.121. The van der Waals surface area contributed by atoms with Crippen molar-refractivity contribution >= 4 is 17.5 Å². The molecule has 4 rings (SSSR count). The lowest BCUT2D eigenvalue weighted by Crippen LogP contribution is -2.36. The topological polar surface area (TPSA) is 108 Å².